The number of urea groups is 1. The Hall–Kier alpha value is -3.09. The first kappa shape index (κ1) is 20.2. The molecule has 0 bridgehead atoms. The van der Waals surface area contributed by atoms with E-state index in [1.807, 2.05) is 20.8 Å². The Labute approximate surface area is 159 Å². The number of nitrogens with one attached hydrogen (secondary N) is 2. The van der Waals surface area contributed by atoms with Crippen molar-refractivity contribution in [3.05, 3.63) is 35.9 Å². The fraction of sp³-hybridized carbons (Fsp3) is 0.350. The molecule has 27 heavy (non-hydrogen) atoms. The van der Waals surface area contributed by atoms with Crippen molar-refractivity contribution in [2.45, 2.75) is 27.7 Å². The third kappa shape index (κ3) is 5.44. The van der Waals surface area contributed by atoms with E-state index in [-0.39, 0.29) is 5.75 Å². The van der Waals surface area contributed by atoms with Gasteiger partial charge in [-0.2, -0.15) is 0 Å². The Balaban J connectivity index is 2.24. The van der Waals surface area contributed by atoms with Crippen molar-refractivity contribution in [1.82, 2.24) is 0 Å². The summed E-state index contributed by atoms with van der Waals surface area (Å²) in [6.45, 7) is 8.79. The summed E-state index contributed by atoms with van der Waals surface area (Å²) in [6.07, 6.45) is 0. The number of rotatable bonds is 8. The van der Waals surface area contributed by atoms with E-state index >= 15 is 0 Å². The fourth-order valence-electron chi connectivity index (χ4n) is 2.53. The molecule has 0 spiro atoms. The largest absolute Gasteiger partial charge is 0.508 e. The topological polar surface area (TPSA) is 89.1 Å². The summed E-state index contributed by atoms with van der Waals surface area (Å²) in [5.74, 6) is 1.66. The maximum atomic E-state index is 12.4. The van der Waals surface area contributed by atoms with Crippen LogP contribution in [0.5, 0.6) is 23.0 Å². The van der Waals surface area contributed by atoms with E-state index in [1.54, 1.807) is 31.2 Å². The van der Waals surface area contributed by atoms with Gasteiger partial charge in [0.15, 0.2) is 11.5 Å². The monoisotopic (exact) mass is 374 g/mol. The highest BCUT2D eigenvalue weighted by atomic mass is 16.5. The molecule has 3 N–H and O–H groups in total. The maximum absolute atomic E-state index is 12.4. The van der Waals surface area contributed by atoms with Gasteiger partial charge in [-0.15, -0.1) is 0 Å². The smallest absolute Gasteiger partial charge is 0.323 e. The van der Waals surface area contributed by atoms with Crippen molar-refractivity contribution in [3.63, 3.8) is 0 Å². The minimum absolute atomic E-state index is 0.146. The van der Waals surface area contributed by atoms with Crippen molar-refractivity contribution in [2.75, 3.05) is 30.5 Å². The number of hydrogen-bond acceptors (Lipinski definition) is 5. The second-order valence-corrected chi connectivity index (χ2v) is 5.68. The lowest BCUT2D eigenvalue weighted by molar-refractivity contribution is 0.260. The van der Waals surface area contributed by atoms with Gasteiger partial charge in [0.05, 0.1) is 25.5 Å². The number of aromatic hydroxyl groups is 1. The highest BCUT2D eigenvalue weighted by molar-refractivity contribution is 6.00. The second-order valence-electron chi connectivity index (χ2n) is 5.68. The molecule has 0 aliphatic carbocycles. The van der Waals surface area contributed by atoms with Crippen LogP contribution < -0.4 is 24.8 Å². The molecule has 2 rings (SSSR count). The molecule has 2 aromatic carbocycles. The van der Waals surface area contributed by atoms with Crippen LogP contribution in [0.15, 0.2) is 30.3 Å². The highest BCUT2D eigenvalue weighted by Gasteiger charge is 2.16. The Morgan fingerprint density at radius 2 is 1.52 bits per heavy atom. The number of ether oxygens (including phenoxy) is 3. The number of aryl methyl sites for hydroxylation is 1. The lowest BCUT2D eigenvalue weighted by Crippen LogP contribution is -2.20. The highest BCUT2D eigenvalue weighted by Crippen LogP contribution is 2.40. The van der Waals surface area contributed by atoms with E-state index in [1.165, 1.54) is 6.07 Å². The first-order chi connectivity index (χ1) is 13.0. The van der Waals surface area contributed by atoms with Gasteiger partial charge in [0.1, 0.15) is 5.75 Å². The van der Waals surface area contributed by atoms with E-state index in [0.29, 0.717) is 48.4 Å². The number of phenolic OH excluding ortho intramolecular Hbond substituents is 1. The molecule has 0 atom stereocenters. The van der Waals surface area contributed by atoms with Crippen molar-refractivity contribution in [3.8, 4) is 23.0 Å². The van der Waals surface area contributed by atoms with Gasteiger partial charge in [0.25, 0.3) is 0 Å². The van der Waals surface area contributed by atoms with Gasteiger partial charge in [0.2, 0.25) is 5.75 Å². The zero-order valence-electron chi connectivity index (χ0n) is 16.1. The standard InChI is InChI=1S/C20H26N2O5/c1-5-25-17-11-14(12-18(26-6-2)19(17)27-7-3)21-20(24)22-16-9-8-15(23)10-13(16)4/h8-12,23H,5-7H2,1-4H3,(H2,21,22,24). The molecule has 0 saturated carbocycles. The van der Waals surface area contributed by atoms with Crippen molar-refractivity contribution in [1.29, 1.82) is 0 Å². The summed E-state index contributed by atoms with van der Waals surface area (Å²) in [5.41, 5.74) is 1.87. The Morgan fingerprint density at radius 1 is 0.926 bits per heavy atom. The average Bonchev–Trinajstić information content (AvgIpc) is 2.61. The number of phenols is 1. The SMILES string of the molecule is CCOc1cc(NC(=O)Nc2ccc(O)cc2C)cc(OCC)c1OCC. The Bertz CT molecular complexity index is 765. The van der Waals surface area contributed by atoms with E-state index in [9.17, 15) is 9.90 Å². The van der Waals surface area contributed by atoms with Crippen LogP contribution in [0.25, 0.3) is 0 Å². The lowest BCUT2D eigenvalue weighted by Gasteiger charge is -2.17. The first-order valence-electron chi connectivity index (χ1n) is 8.92. The molecule has 0 aromatic heterocycles. The summed E-state index contributed by atoms with van der Waals surface area (Å²) in [6, 6.07) is 7.70. The number of benzene rings is 2. The first-order valence-corrected chi connectivity index (χ1v) is 8.92. The van der Waals surface area contributed by atoms with Gasteiger partial charge in [-0.1, -0.05) is 0 Å². The zero-order valence-corrected chi connectivity index (χ0v) is 16.1. The van der Waals surface area contributed by atoms with Gasteiger partial charge >= 0.3 is 6.03 Å². The quantitative estimate of drug-likeness (QED) is 0.590. The summed E-state index contributed by atoms with van der Waals surface area (Å²) in [5, 5.41) is 15.0. The van der Waals surface area contributed by atoms with Crippen LogP contribution in [0, 0.1) is 6.92 Å². The molecule has 0 aliphatic heterocycles. The molecule has 0 aliphatic rings. The number of anilines is 2. The third-order valence-electron chi connectivity index (χ3n) is 3.63. The maximum Gasteiger partial charge on any atom is 0.323 e. The minimum Gasteiger partial charge on any atom is -0.508 e. The molecule has 146 valence electrons. The van der Waals surface area contributed by atoms with Crippen LogP contribution in [-0.4, -0.2) is 31.0 Å². The fourth-order valence-corrected chi connectivity index (χ4v) is 2.53. The normalized spacial score (nSPS) is 10.2. The van der Waals surface area contributed by atoms with Crippen LogP contribution >= 0.6 is 0 Å². The molecule has 0 saturated heterocycles. The van der Waals surface area contributed by atoms with Gasteiger partial charge in [-0.25, -0.2) is 4.79 Å². The molecular weight excluding hydrogens is 348 g/mol. The predicted molar refractivity (Wildman–Crippen MR) is 105 cm³/mol. The van der Waals surface area contributed by atoms with Crippen molar-refractivity contribution < 1.29 is 24.1 Å². The number of carbonyl (C=O) groups is 1. The van der Waals surface area contributed by atoms with Crippen LogP contribution in [0.4, 0.5) is 16.2 Å². The van der Waals surface area contributed by atoms with Crippen LogP contribution in [0.3, 0.4) is 0 Å². The third-order valence-corrected chi connectivity index (χ3v) is 3.63. The molecule has 2 amide bonds. The molecule has 0 radical (unpaired) electrons. The molecule has 0 heterocycles. The Morgan fingerprint density at radius 3 is 2.04 bits per heavy atom. The lowest BCUT2D eigenvalue weighted by atomic mass is 10.2. The second kappa shape index (κ2) is 9.56. The van der Waals surface area contributed by atoms with E-state index in [4.69, 9.17) is 14.2 Å². The molecule has 0 fully saturated rings. The number of hydrogen-bond donors (Lipinski definition) is 3. The van der Waals surface area contributed by atoms with E-state index < -0.39 is 6.03 Å². The molecule has 7 nitrogen and oxygen atoms in total. The zero-order chi connectivity index (χ0) is 19.8. The van der Waals surface area contributed by atoms with Gasteiger partial charge in [-0.05, 0) is 51.5 Å². The predicted octanol–water partition coefficient (Wildman–Crippen LogP) is 4.54. The number of amides is 2. The summed E-state index contributed by atoms with van der Waals surface area (Å²) in [4.78, 5) is 12.4. The van der Waals surface area contributed by atoms with E-state index in [2.05, 4.69) is 10.6 Å². The molecule has 0 unspecified atom stereocenters. The van der Waals surface area contributed by atoms with Gasteiger partial charge in [-0.3, -0.25) is 0 Å². The van der Waals surface area contributed by atoms with E-state index in [0.717, 1.165) is 5.56 Å². The van der Waals surface area contributed by atoms with Gasteiger partial charge < -0.3 is 30.0 Å². The van der Waals surface area contributed by atoms with Crippen LogP contribution in [-0.2, 0) is 0 Å². The molecule has 2 aromatic rings. The molecular formula is C20H26N2O5. The van der Waals surface area contributed by atoms with Crippen LogP contribution in [0.1, 0.15) is 26.3 Å². The Kier molecular flexibility index (Phi) is 7.16. The van der Waals surface area contributed by atoms with Crippen molar-refractivity contribution in [2.24, 2.45) is 0 Å². The summed E-state index contributed by atoms with van der Waals surface area (Å²) >= 11 is 0. The van der Waals surface area contributed by atoms with Crippen molar-refractivity contribution >= 4 is 17.4 Å². The van der Waals surface area contributed by atoms with Gasteiger partial charge in [0, 0.05) is 17.8 Å². The summed E-state index contributed by atoms with van der Waals surface area (Å²) < 4.78 is 16.9. The van der Waals surface area contributed by atoms with Crippen LogP contribution in [0.2, 0.25) is 0 Å². The minimum atomic E-state index is -0.419. The molecule has 7 heteroatoms. The average molecular weight is 374 g/mol. The summed E-state index contributed by atoms with van der Waals surface area (Å²) in [7, 11) is 0. The number of carbonyl (C=O) groups excluding carboxylic acids is 1.